The van der Waals surface area contributed by atoms with Crippen LogP contribution in [0.15, 0.2) is 48.5 Å². The molecule has 4 nitrogen and oxygen atoms in total. The summed E-state index contributed by atoms with van der Waals surface area (Å²) in [5.41, 5.74) is 2.23. The highest BCUT2D eigenvalue weighted by molar-refractivity contribution is 6.06. The molecule has 0 fully saturated rings. The maximum Gasteiger partial charge on any atom is 0.258 e. The van der Waals surface area contributed by atoms with Crippen LogP contribution in [0, 0.1) is 12.7 Å². The number of hydrogen-bond donors (Lipinski definition) is 0. The van der Waals surface area contributed by atoms with Crippen molar-refractivity contribution in [3.05, 3.63) is 65.5 Å². The minimum absolute atomic E-state index is 0.184. The van der Waals surface area contributed by atoms with Crippen molar-refractivity contribution in [1.29, 1.82) is 0 Å². The predicted molar refractivity (Wildman–Crippen MR) is 96.3 cm³/mol. The van der Waals surface area contributed by atoms with Gasteiger partial charge in [-0.05, 0) is 57.2 Å². The van der Waals surface area contributed by atoms with E-state index in [1.807, 2.05) is 32.9 Å². The molecule has 0 radical (unpaired) electrons. The van der Waals surface area contributed by atoms with E-state index in [-0.39, 0.29) is 18.3 Å². The lowest BCUT2D eigenvalue weighted by molar-refractivity contribution is -0.128. The number of ether oxygens (including phenoxy) is 2. The molecule has 2 aromatic carbocycles. The Morgan fingerprint density at radius 1 is 1.00 bits per heavy atom. The number of anilines is 1. The molecular formula is C20H24FNO3. The molecule has 1 amide bonds. The number of aryl methyl sites for hydroxylation is 1. The Morgan fingerprint density at radius 2 is 1.56 bits per heavy atom. The summed E-state index contributed by atoms with van der Waals surface area (Å²) in [6.07, 6.45) is -0.547. The lowest BCUT2D eigenvalue weighted by atomic mass is 10.1. The van der Waals surface area contributed by atoms with Gasteiger partial charge >= 0.3 is 0 Å². The minimum Gasteiger partial charge on any atom is -0.351 e. The molecule has 0 unspecified atom stereocenters. The Hall–Kier alpha value is -2.24. The average Bonchev–Trinajstić information content (AvgIpc) is 2.61. The van der Waals surface area contributed by atoms with E-state index >= 15 is 0 Å². The van der Waals surface area contributed by atoms with E-state index in [4.69, 9.17) is 9.47 Å². The SMILES string of the molecule is CCOC(CN(C(=O)c1ccc(C)cc1)c1ccc(F)cc1)OCC. The van der Waals surface area contributed by atoms with Crippen molar-refractivity contribution in [2.24, 2.45) is 0 Å². The molecular weight excluding hydrogens is 321 g/mol. The molecule has 2 rings (SSSR count). The Morgan fingerprint density at radius 3 is 2.08 bits per heavy atom. The smallest absolute Gasteiger partial charge is 0.258 e. The number of nitrogens with zero attached hydrogens (tertiary/aromatic N) is 1. The zero-order chi connectivity index (χ0) is 18.2. The monoisotopic (exact) mass is 345 g/mol. The molecule has 0 bridgehead atoms. The molecule has 2 aromatic rings. The van der Waals surface area contributed by atoms with Crippen LogP contribution >= 0.6 is 0 Å². The molecule has 5 heteroatoms. The third-order valence-electron chi connectivity index (χ3n) is 3.72. The molecule has 25 heavy (non-hydrogen) atoms. The van der Waals surface area contributed by atoms with Gasteiger partial charge in [-0.25, -0.2) is 4.39 Å². The molecule has 0 atom stereocenters. The van der Waals surface area contributed by atoms with Crippen LogP contribution in [0.1, 0.15) is 29.8 Å². The largest absolute Gasteiger partial charge is 0.351 e. The van der Waals surface area contributed by atoms with Crippen LogP contribution in [0.3, 0.4) is 0 Å². The molecule has 0 spiro atoms. The van der Waals surface area contributed by atoms with Gasteiger partial charge in [0.15, 0.2) is 6.29 Å². The second kappa shape index (κ2) is 9.30. The zero-order valence-corrected chi connectivity index (χ0v) is 14.9. The Balaban J connectivity index is 2.31. The molecule has 0 aromatic heterocycles. The number of rotatable bonds is 8. The van der Waals surface area contributed by atoms with Crippen LogP contribution in [-0.2, 0) is 9.47 Å². The van der Waals surface area contributed by atoms with Gasteiger partial charge in [-0.1, -0.05) is 17.7 Å². The van der Waals surface area contributed by atoms with E-state index in [2.05, 4.69) is 0 Å². The zero-order valence-electron chi connectivity index (χ0n) is 14.9. The van der Waals surface area contributed by atoms with E-state index < -0.39 is 6.29 Å². The normalized spacial score (nSPS) is 10.9. The molecule has 0 aliphatic heterocycles. The first-order valence-electron chi connectivity index (χ1n) is 8.42. The van der Waals surface area contributed by atoms with Crippen molar-refractivity contribution in [2.45, 2.75) is 27.1 Å². The lowest BCUT2D eigenvalue weighted by Gasteiger charge is -2.27. The number of amides is 1. The fourth-order valence-corrected chi connectivity index (χ4v) is 2.45. The van der Waals surface area contributed by atoms with Crippen molar-refractivity contribution in [3.63, 3.8) is 0 Å². The first kappa shape index (κ1) is 19.1. The molecule has 0 heterocycles. The van der Waals surface area contributed by atoms with Gasteiger partial charge in [0.25, 0.3) is 5.91 Å². The quantitative estimate of drug-likeness (QED) is 0.674. The van der Waals surface area contributed by atoms with E-state index in [1.54, 1.807) is 29.2 Å². The van der Waals surface area contributed by atoms with Gasteiger partial charge in [0, 0.05) is 24.5 Å². The van der Waals surface area contributed by atoms with Gasteiger partial charge in [0.2, 0.25) is 0 Å². The molecule has 0 saturated heterocycles. The second-order valence-corrected chi connectivity index (χ2v) is 5.60. The third kappa shape index (κ3) is 5.37. The fraction of sp³-hybridized carbons (Fsp3) is 0.350. The summed E-state index contributed by atoms with van der Waals surface area (Å²) >= 11 is 0. The van der Waals surface area contributed by atoms with Crippen LogP contribution in [0.25, 0.3) is 0 Å². The Kier molecular flexibility index (Phi) is 7.10. The van der Waals surface area contributed by atoms with E-state index in [1.165, 1.54) is 12.1 Å². The van der Waals surface area contributed by atoms with Crippen molar-refractivity contribution >= 4 is 11.6 Å². The van der Waals surface area contributed by atoms with Gasteiger partial charge in [0.1, 0.15) is 5.82 Å². The van der Waals surface area contributed by atoms with Crippen LogP contribution in [0.4, 0.5) is 10.1 Å². The molecule has 0 aliphatic carbocycles. The highest BCUT2D eigenvalue weighted by atomic mass is 19.1. The topological polar surface area (TPSA) is 38.8 Å². The van der Waals surface area contributed by atoms with Crippen LogP contribution in [0.2, 0.25) is 0 Å². The Bertz CT molecular complexity index is 664. The number of hydrogen-bond acceptors (Lipinski definition) is 3. The van der Waals surface area contributed by atoms with Crippen molar-refractivity contribution in [1.82, 2.24) is 0 Å². The number of carbonyl (C=O) groups excluding carboxylic acids is 1. The summed E-state index contributed by atoms with van der Waals surface area (Å²) in [7, 11) is 0. The summed E-state index contributed by atoms with van der Waals surface area (Å²) < 4.78 is 24.4. The molecule has 134 valence electrons. The van der Waals surface area contributed by atoms with E-state index in [0.29, 0.717) is 24.5 Å². The summed E-state index contributed by atoms with van der Waals surface area (Å²) in [6, 6.07) is 13.2. The molecule has 0 aliphatic rings. The van der Waals surface area contributed by atoms with Crippen molar-refractivity contribution in [2.75, 3.05) is 24.7 Å². The summed E-state index contributed by atoms with van der Waals surface area (Å²) in [5.74, 6) is -0.534. The van der Waals surface area contributed by atoms with Crippen LogP contribution in [0.5, 0.6) is 0 Å². The third-order valence-corrected chi connectivity index (χ3v) is 3.72. The number of benzene rings is 2. The summed E-state index contributed by atoms with van der Waals surface area (Å²) in [4.78, 5) is 14.6. The Labute approximate surface area is 148 Å². The predicted octanol–water partition coefficient (Wildman–Crippen LogP) is 4.18. The van der Waals surface area contributed by atoms with E-state index in [0.717, 1.165) is 5.56 Å². The average molecular weight is 345 g/mol. The minimum atomic E-state index is -0.547. The standard InChI is InChI=1S/C20H24FNO3/c1-4-24-19(25-5-2)14-22(18-12-10-17(21)11-13-18)20(23)16-8-6-15(3)7-9-16/h6-13,19H,4-5,14H2,1-3H3. The first-order chi connectivity index (χ1) is 12.0. The highest BCUT2D eigenvalue weighted by Crippen LogP contribution is 2.20. The molecule has 0 saturated carbocycles. The van der Waals surface area contributed by atoms with Crippen molar-refractivity contribution < 1.29 is 18.7 Å². The second-order valence-electron chi connectivity index (χ2n) is 5.60. The first-order valence-corrected chi connectivity index (χ1v) is 8.42. The summed E-state index contributed by atoms with van der Waals surface area (Å²) in [5, 5.41) is 0. The summed E-state index contributed by atoms with van der Waals surface area (Å²) in [6.45, 7) is 6.87. The highest BCUT2D eigenvalue weighted by Gasteiger charge is 2.22. The maximum atomic E-state index is 13.3. The number of halogens is 1. The van der Waals surface area contributed by atoms with Gasteiger partial charge < -0.3 is 14.4 Å². The van der Waals surface area contributed by atoms with E-state index in [9.17, 15) is 9.18 Å². The molecule has 0 N–H and O–H groups in total. The van der Waals surface area contributed by atoms with Gasteiger partial charge in [-0.3, -0.25) is 4.79 Å². The van der Waals surface area contributed by atoms with Gasteiger partial charge in [-0.2, -0.15) is 0 Å². The fourth-order valence-electron chi connectivity index (χ4n) is 2.45. The lowest BCUT2D eigenvalue weighted by Crippen LogP contribution is -2.40. The number of carbonyl (C=O) groups is 1. The van der Waals surface area contributed by atoms with Crippen molar-refractivity contribution in [3.8, 4) is 0 Å². The van der Waals surface area contributed by atoms with Crippen LogP contribution in [-0.4, -0.2) is 32.0 Å². The van der Waals surface area contributed by atoms with Gasteiger partial charge in [-0.15, -0.1) is 0 Å². The van der Waals surface area contributed by atoms with Gasteiger partial charge in [0.05, 0.1) is 6.54 Å². The van der Waals surface area contributed by atoms with Crippen LogP contribution < -0.4 is 4.90 Å². The maximum absolute atomic E-state index is 13.3.